The summed E-state index contributed by atoms with van der Waals surface area (Å²) < 4.78 is 30.7. The number of fused-ring (bicyclic) bond motifs is 1. The molecule has 0 unspecified atom stereocenters. The summed E-state index contributed by atoms with van der Waals surface area (Å²) in [6.07, 6.45) is 1.14. The van der Waals surface area contributed by atoms with Gasteiger partial charge in [-0.05, 0) is 32.9 Å². The van der Waals surface area contributed by atoms with Gasteiger partial charge in [-0.3, -0.25) is 0 Å². The van der Waals surface area contributed by atoms with Crippen LogP contribution in [0.3, 0.4) is 0 Å². The summed E-state index contributed by atoms with van der Waals surface area (Å²) in [5, 5.41) is 0. The first-order valence-electron chi connectivity index (χ1n) is 8.00. The fraction of sp³-hybridized carbons (Fsp3) is 0.389. The van der Waals surface area contributed by atoms with Crippen molar-refractivity contribution in [1.82, 2.24) is 19.5 Å². The number of halogens is 2. The molecule has 0 N–H and O–H groups in total. The first kappa shape index (κ1) is 16.5. The van der Waals surface area contributed by atoms with Gasteiger partial charge in [0.1, 0.15) is 22.9 Å². The lowest BCUT2D eigenvalue weighted by Gasteiger charge is -2.12. The van der Waals surface area contributed by atoms with Crippen LogP contribution in [0.5, 0.6) is 0 Å². The first-order valence-corrected chi connectivity index (χ1v) is 8.00. The third-order valence-corrected chi connectivity index (χ3v) is 3.99. The zero-order valence-corrected chi connectivity index (χ0v) is 14.4. The lowest BCUT2D eigenvalue weighted by molar-refractivity contribution is 0.599. The molecular weight excluding hydrogens is 310 g/mol. The van der Waals surface area contributed by atoms with E-state index in [1.54, 1.807) is 6.07 Å². The van der Waals surface area contributed by atoms with Gasteiger partial charge in [0.15, 0.2) is 11.6 Å². The summed E-state index contributed by atoms with van der Waals surface area (Å²) in [5.41, 5.74) is 1.44. The van der Waals surface area contributed by atoms with Crippen LogP contribution in [0.2, 0.25) is 0 Å². The largest absolute Gasteiger partial charge is 0.326 e. The van der Waals surface area contributed by atoms with Crippen molar-refractivity contribution in [2.75, 3.05) is 0 Å². The molecule has 0 fully saturated rings. The molecule has 1 aromatic carbocycles. The Morgan fingerprint density at radius 3 is 2.33 bits per heavy atom. The highest BCUT2D eigenvalue weighted by atomic mass is 19.1. The second kappa shape index (κ2) is 5.92. The van der Waals surface area contributed by atoms with Gasteiger partial charge in [0, 0.05) is 17.5 Å². The Hall–Kier alpha value is -2.37. The van der Waals surface area contributed by atoms with Crippen molar-refractivity contribution < 1.29 is 8.78 Å². The highest BCUT2D eigenvalue weighted by molar-refractivity contribution is 5.82. The third kappa shape index (κ3) is 2.66. The van der Waals surface area contributed by atoms with Crippen molar-refractivity contribution >= 4 is 11.0 Å². The van der Waals surface area contributed by atoms with Gasteiger partial charge in [-0.2, -0.15) is 0 Å². The van der Waals surface area contributed by atoms with Gasteiger partial charge in [-0.1, -0.05) is 13.8 Å². The van der Waals surface area contributed by atoms with Crippen LogP contribution in [0.25, 0.3) is 22.3 Å². The van der Waals surface area contributed by atoms with E-state index in [1.807, 2.05) is 39.2 Å². The summed E-state index contributed by atoms with van der Waals surface area (Å²) in [6, 6.07) is 3.15. The van der Waals surface area contributed by atoms with Crippen LogP contribution in [0.15, 0.2) is 18.3 Å². The molecule has 0 bridgehead atoms. The average molecular weight is 330 g/mol. The predicted molar refractivity (Wildman–Crippen MR) is 89.9 cm³/mol. The van der Waals surface area contributed by atoms with Gasteiger partial charge < -0.3 is 4.57 Å². The Morgan fingerprint density at radius 1 is 1.00 bits per heavy atom. The van der Waals surface area contributed by atoms with Crippen molar-refractivity contribution in [2.45, 2.75) is 46.6 Å². The van der Waals surface area contributed by atoms with E-state index in [-0.39, 0.29) is 17.7 Å². The maximum absolute atomic E-state index is 14.5. The maximum atomic E-state index is 14.5. The Balaban J connectivity index is 2.28. The predicted octanol–water partition coefficient (Wildman–Crippen LogP) is 4.78. The second-order valence-electron chi connectivity index (χ2n) is 6.53. The monoisotopic (exact) mass is 330 g/mol. The molecule has 24 heavy (non-hydrogen) atoms. The zero-order chi connectivity index (χ0) is 17.6. The van der Waals surface area contributed by atoms with Gasteiger partial charge in [0.25, 0.3) is 0 Å². The molecule has 3 rings (SSSR count). The SMILES string of the molecule is Cc1nc2c(F)cc(-c3nc(C(C)C)ncc3F)cc2n1C(C)C. The molecule has 126 valence electrons. The molecule has 6 heteroatoms. The van der Waals surface area contributed by atoms with Crippen molar-refractivity contribution in [2.24, 2.45) is 0 Å². The fourth-order valence-electron chi connectivity index (χ4n) is 2.92. The number of nitrogens with zero attached hydrogens (tertiary/aromatic N) is 4. The number of hydrogen-bond donors (Lipinski definition) is 0. The Labute approximate surface area is 139 Å². The summed E-state index contributed by atoms with van der Waals surface area (Å²) >= 11 is 0. The van der Waals surface area contributed by atoms with Crippen LogP contribution < -0.4 is 0 Å². The van der Waals surface area contributed by atoms with Gasteiger partial charge in [0.2, 0.25) is 0 Å². The summed E-state index contributed by atoms with van der Waals surface area (Å²) in [4.78, 5) is 12.6. The van der Waals surface area contributed by atoms with Gasteiger partial charge in [-0.25, -0.2) is 23.7 Å². The highest BCUT2D eigenvalue weighted by Gasteiger charge is 2.18. The number of benzene rings is 1. The second-order valence-corrected chi connectivity index (χ2v) is 6.53. The number of aryl methyl sites for hydroxylation is 1. The van der Waals surface area contributed by atoms with Crippen molar-refractivity contribution in [3.63, 3.8) is 0 Å². The number of rotatable bonds is 3. The molecule has 0 amide bonds. The van der Waals surface area contributed by atoms with Crippen LogP contribution in [0.1, 0.15) is 51.3 Å². The molecular formula is C18H20F2N4. The molecule has 0 spiro atoms. The highest BCUT2D eigenvalue weighted by Crippen LogP contribution is 2.30. The van der Waals surface area contributed by atoms with Crippen LogP contribution >= 0.6 is 0 Å². The molecule has 0 saturated heterocycles. The molecule has 0 radical (unpaired) electrons. The minimum atomic E-state index is -0.564. The van der Waals surface area contributed by atoms with E-state index >= 15 is 0 Å². The molecule has 0 saturated carbocycles. The summed E-state index contributed by atoms with van der Waals surface area (Å²) in [6.45, 7) is 9.69. The topological polar surface area (TPSA) is 43.6 Å². The van der Waals surface area contributed by atoms with E-state index in [0.29, 0.717) is 22.4 Å². The van der Waals surface area contributed by atoms with Crippen LogP contribution in [-0.4, -0.2) is 19.5 Å². The molecule has 3 aromatic rings. The van der Waals surface area contributed by atoms with Gasteiger partial charge in [0.05, 0.1) is 11.7 Å². The molecule has 2 aromatic heterocycles. The van der Waals surface area contributed by atoms with Crippen molar-refractivity contribution in [3.05, 3.63) is 41.6 Å². The quantitative estimate of drug-likeness (QED) is 0.694. The van der Waals surface area contributed by atoms with Gasteiger partial charge >= 0.3 is 0 Å². The number of aromatic nitrogens is 4. The molecule has 0 aliphatic rings. The van der Waals surface area contributed by atoms with E-state index in [4.69, 9.17) is 0 Å². The molecule has 0 aliphatic heterocycles. The van der Waals surface area contributed by atoms with E-state index in [1.165, 1.54) is 6.07 Å². The lowest BCUT2D eigenvalue weighted by atomic mass is 10.1. The van der Waals surface area contributed by atoms with Gasteiger partial charge in [-0.15, -0.1) is 0 Å². The molecule has 0 atom stereocenters. The summed E-state index contributed by atoms with van der Waals surface area (Å²) in [5.74, 6) is 0.267. The van der Waals surface area contributed by atoms with E-state index in [2.05, 4.69) is 15.0 Å². The van der Waals surface area contributed by atoms with E-state index in [0.717, 1.165) is 12.0 Å². The van der Waals surface area contributed by atoms with E-state index < -0.39 is 11.6 Å². The normalized spacial score (nSPS) is 11.9. The molecule has 0 aliphatic carbocycles. The maximum Gasteiger partial charge on any atom is 0.167 e. The Bertz CT molecular complexity index is 913. The Kier molecular flexibility index (Phi) is 4.07. The molecule has 2 heterocycles. The van der Waals surface area contributed by atoms with Crippen LogP contribution in [0, 0.1) is 18.6 Å². The average Bonchev–Trinajstić information content (AvgIpc) is 2.84. The van der Waals surface area contributed by atoms with E-state index in [9.17, 15) is 8.78 Å². The fourth-order valence-corrected chi connectivity index (χ4v) is 2.92. The van der Waals surface area contributed by atoms with Crippen molar-refractivity contribution in [1.29, 1.82) is 0 Å². The number of imidazole rings is 1. The van der Waals surface area contributed by atoms with Crippen LogP contribution in [0.4, 0.5) is 8.78 Å². The Morgan fingerprint density at radius 2 is 1.71 bits per heavy atom. The lowest BCUT2D eigenvalue weighted by Crippen LogP contribution is -2.04. The molecule has 4 nitrogen and oxygen atoms in total. The summed E-state index contributed by atoms with van der Waals surface area (Å²) in [7, 11) is 0. The minimum absolute atomic E-state index is 0.0568. The minimum Gasteiger partial charge on any atom is -0.326 e. The third-order valence-electron chi connectivity index (χ3n) is 3.99. The van der Waals surface area contributed by atoms with Crippen molar-refractivity contribution in [3.8, 4) is 11.3 Å². The first-order chi connectivity index (χ1) is 11.3. The zero-order valence-electron chi connectivity index (χ0n) is 14.4. The smallest absolute Gasteiger partial charge is 0.167 e. The number of hydrogen-bond acceptors (Lipinski definition) is 3. The van der Waals surface area contributed by atoms with Crippen LogP contribution in [-0.2, 0) is 0 Å². The standard InChI is InChI=1S/C18H20F2N4/c1-9(2)18-21-8-14(20)16(23-18)12-6-13(19)17-15(7-12)24(10(3)4)11(5)22-17/h6-10H,1-5H3.